The molecule has 0 unspecified atom stereocenters. The molecule has 0 aliphatic heterocycles. The van der Waals surface area contributed by atoms with Crippen LogP contribution in [0.4, 0.5) is 0 Å². The van der Waals surface area contributed by atoms with Gasteiger partial charge in [-0.15, -0.1) is 0 Å². The van der Waals surface area contributed by atoms with E-state index in [1.54, 1.807) is 0 Å². The van der Waals surface area contributed by atoms with Gasteiger partial charge >= 0.3 is 5.97 Å². The van der Waals surface area contributed by atoms with Crippen molar-refractivity contribution in [2.24, 2.45) is 23.2 Å². The van der Waals surface area contributed by atoms with Crippen molar-refractivity contribution in [1.82, 2.24) is 10.6 Å². The second-order valence-electron chi connectivity index (χ2n) is 9.41. The van der Waals surface area contributed by atoms with Gasteiger partial charge in [0, 0.05) is 18.0 Å². The molecule has 5 saturated carbocycles. The van der Waals surface area contributed by atoms with Crippen LogP contribution in [0.1, 0.15) is 70.6 Å². The van der Waals surface area contributed by atoms with E-state index < -0.39 is 5.97 Å². The van der Waals surface area contributed by atoms with Gasteiger partial charge in [0.1, 0.15) is 0 Å². The summed E-state index contributed by atoms with van der Waals surface area (Å²) in [4.78, 5) is 36.5. The van der Waals surface area contributed by atoms with E-state index in [4.69, 9.17) is 4.74 Å². The normalized spacial score (nSPS) is 34.4. The Morgan fingerprint density at radius 3 is 2.11 bits per heavy atom. The Kier molecular flexibility index (Phi) is 5.42. The summed E-state index contributed by atoms with van der Waals surface area (Å²) in [6.45, 7) is 0.0713. The Morgan fingerprint density at radius 1 is 0.926 bits per heavy atom. The van der Waals surface area contributed by atoms with Crippen LogP contribution in [-0.4, -0.2) is 37.0 Å². The molecule has 5 aliphatic carbocycles. The third kappa shape index (κ3) is 4.30. The summed E-state index contributed by atoms with van der Waals surface area (Å²) >= 11 is 0. The molecular weight excluding hydrogens is 344 g/mol. The first kappa shape index (κ1) is 18.8. The predicted octanol–water partition coefficient (Wildman–Crippen LogP) is 2.31. The minimum absolute atomic E-state index is 0.120. The zero-order valence-corrected chi connectivity index (χ0v) is 16.1. The van der Waals surface area contributed by atoms with E-state index in [2.05, 4.69) is 10.6 Å². The van der Waals surface area contributed by atoms with Crippen LogP contribution in [0.15, 0.2) is 0 Å². The van der Waals surface area contributed by atoms with E-state index in [0.29, 0.717) is 6.54 Å². The summed E-state index contributed by atoms with van der Waals surface area (Å²) < 4.78 is 5.04. The van der Waals surface area contributed by atoms with Crippen molar-refractivity contribution in [3.8, 4) is 0 Å². The van der Waals surface area contributed by atoms with Crippen LogP contribution in [0.25, 0.3) is 0 Å². The van der Waals surface area contributed by atoms with E-state index in [1.807, 2.05) is 0 Å². The van der Waals surface area contributed by atoms with Crippen LogP contribution in [-0.2, 0) is 19.1 Å². The molecule has 6 heteroatoms. The topological polar surface area (TPSA) is 84.5 Å². The molecule has 150 valence electrons. The lowest BCUT2D eigenvalue weighted by Crippen LogP contribution is -2.53. The van der Waals surface area contributed by atoms with Crippen molar-refractivity contribution >= 4 is 17.8 Å². The van der Waals surface area contributed by atoms with E-state index in [0.717, 1.165) is 62.7 Å². The van der Waals surface area contributed by atoms with Gasteiger partial charge in [-0.05, 0) is 69.1 Å². The first-order chi connectivity index (χ1) is 13.0. The highest BCUT2D eigenvalue weighted by Crippen LogP contribution is 2.60. The van der Waals surface area contributed by atoms with Crippen molar-refractivity contribution in [2.75, 3.05) is 13.2 Å². The van der Waals surface area contributed by atoms with Crippen molar-refractivity contribution in [1.29, 1.82) is 0 Å². The molecular formula is C21H32N2O4. The molecule has 2 amide bonds. The monoisotopic (exact) mass is 376 g/mol. The minimum Gasteiger partial charge on any atom is -0.456 e. The molecule has 5 fully saturated rings. The third-order valence-electron chi connectivity index (χ3n) is 7.22. The average molecular weight is 376 g/mol. The van der Waals surface area contributed by atoms with Crippen LogP contribution in [0.5, 0.6) is 0 Å². The fourth-order valence-corrected chi connectivity index (χ4v) is 6.41. The summed E-state index contributed by atoms with van der Waals surface area (Å²) in [5, 5.41) is 5.87. The molecule has 0 aromatic heterocycles. The van der Waals surface area contributed by atoms with Gasteiger partial charge in [0.2, 0.25) is 5.91 Å². The number of amides is 2. The van der Waals surface area contributed by atoms with E-state index in [9.17, 15) is 14.4 Å². The third-order valence-corrected chi connectivity index (χ3v) is 7.22. The molecule has 6 nitrogen and oxygen atoms in total. The second kappa shape index (κ2) is 7.80. The predicted molar refractivity (Wildman–Crippen MR) is 99.6 cm³/mol. The number of rotatable bonds is 7. The largest absolute Gasteiger partial charge is 0.456 e. The highest BCUT2D eigenvalue weighted by atomic mass is 16.5. The lowest BCUT2D eigenvalue weighted by molar-refractivity contribution is -0.149. The van der Waals surface area contributed by atoms with Crippen molar-refractivity contribution in [3.63, 3.8) is 0 Å². The van der Waals surface area contributed by atoms with Gasteiger partial charge in [-0.25, -0.2) is 0 Å². The quantitative estimate of drug-likeness (QED) is 0.668. The maximum Gasteiger partial charge on any atom is 0.308 e. The van der Waals surface area contributed by atoms with Crippen LogP contribution in [0.2, 0.25) is 0 Å². The highest BCUT2D eigenvalue weighted by molar-refractivity contribution is 5.84. The Bertz CT molecular complexity index is 562. The summed E-state index contributed by atoms with van der Waals surface area (Å²) in [6, 6.07) is 0.232. The summed E-state index contributed by atoms with van der Waals surface area (Å²) in [5.41, 5.74) is -0.181. The zero-order chi connectivity index (χ0) is 18.9. The molecule has 0 aromatic rings. The maximum absolute atomic E-state index is 12.8. The van der Waals surface area contributed by atoms with Crippen molar-refractivity contribution < 1.29 is 19.1 Å². The first-order valence-corrected chi connectivity index (χ1v) is 10.8. The summed E-state index contributed by atoms with van der Waals surface area (Å²) in [7, 11) is 0. The molecule has 5 rings (SSSR count). The van der Waals surface area contributed by atoms with Crippen LogP contribution < -0.4 is 10.6 Å². The van der Waals surface area contributed by atoms with Crippen molar-refractivity contribution in [3.05, 3.63) is 0 Å². The summed E-state index contributed by atoms with van der Waals surface area (Å²) in [5.74, 6) is 1.66. The standard InChI is InChI=1S/C21H32N2O4/c24-18(23-17-3-1-2-4-17)13-27-19(25)5-6-22-20(26)21-10-14-7-15(11-21)9-16(8-14)12-21/h14-17H,1-13H2,(H,22,26)(H,23,24). The SMILES string of the molecule is O=C(COC(=O)CCNC(=O)C12CC3CC(CC(C3)C1)C2)NC1CCCC1. The number of carbonyl (C=O) groups excluding carboxylic acids is 3. The van der Waals surface area contributed by atoms with Gasteiger partial charge in [-0.2, -0.15) is 0 Å². The zero-order valence-electron chi connectivity index (χ0n) is 16.1. The van der Waals surface area contributed by atoms with Gasteiger partial charge < -0.3 is 15.4 Å². The number of ether oxygens (including phenoxy) is 1. The fraction of sp³-hybridized carbons (Fsp3) is 0.857. The fourth-order valence-electron chi connectivity index (χ4n) is 6.41. The number of nitrogens with one attached hydrogen (secondary N) is 2. The maximum atomic E-state index is 12.8. The van der Waals surface area contributed by atoms with Gasteiger partial charge in [-0.1, -0.05) is 12.8 Å². The second-order valence-corrected chi connectivity index (χ2v) is 9.41. The molecule has 0 spiro atoms. The molecule has 2 N–H and O–H groups in total. The van der Waals surface area contributed by atoms with Crippen LogP contribution in [0, 0.1) is 23.2 Å². The van der Waals surface area contributed by atoms with Crippen LogP contribution >= 0.6 is 0 Å². The molecule has 0 radical (unpaired) electrons. The Hall–Kier alpha value is -1.59. The Labute approximate surface area is 161 Å². The first-order valence-electron chi connectivity index (χ1n) is 10.8. The molecule has 27 heavy (non-hydrogen) atoms. The van der Waals surface area contributed by atoms with Gasteiger partial charge in [-0.3, -0.25) is 14.4 Å². The average Bonchev–Trinajstić information content (AvgIpc) is 3.11. The van der Waals surface area contributed by atoms with Gasteiger partial charge in [0.05, 0.1) is 6.42 Å². The highest BCUT2D eigenvalue weighted by Gasteiger charge is 2.54. The lowest BCUT2D eigenvalue weighted by atomic mass is 9.49. The Morgan fingerprint density at radius 2 is 1.52 bits per heavy atom. The molecule has 0 atom stereocenters. The van der Waals surface area contributed by atoms with E-state index in [1.165, 1.54) is 19.3 Å². The Balaban J connectivity index is 1.15. The number of carbonyl (C=O) groups is 3. The molecule has 4 bridgehead atoms. The number of hydrogen-bond donors (Lipinski definition) is 2. The smallest absolute Gasteiger partial charge is 0.308 e. The van der Waals surface area contributed by atoms with Gasteiger partial charge in [0.15, 0.2) is 6.61 Å². The summed E-state index contributed by atoms with van der Waals surface area (Å²) in [6.07, 6.45) is 11.4. The number of esters is 1. The molecule has 0 heterocycles. The van der Waals surface area contributed by atoms with Gasteiger partial charge in [0.25, 0.3) is 5.91 Å². The van der Waals surface area contributed by atoms with Crippen LogP contribution in [0.3, 0.4) is 0 Å². The van der Waals surface area contributed by atoms with Crippen molar-refractivity contribution in [2.45, 2.75) is 76.7 Å². The van der Waals surface area contributed by atoms with E-state index >= 15 is 0 Å². The lowest BCUT2D eigenvalue weighted by Gasteiger charge is -2.55. The molecule has 0 aromatic carbocycles. The van der Waals surface area contributed by atoms with E-state index in [-0.39, 0.29) is 36.3 Å². The number of hydrogen-bond acceptors (Lipinski definition) is 4. The molecule has 0 saturated heterocycles. The molecule has 5 aliphatic rings. The minimum atomic E-state index is -0.428.